The summed E-state index contributed by atoms with van der Waals surface area (Å²) in [5.41, 5.74) is 0.120. The SMILES string of the molecule is N#Cc1ccc([N+](=O)[O-])c(NC2(CO)CC2)c1. The number of nitro benzene ring substituents is 1. The normalized spacial score (nSPS) is 16.0. The van der Waals surface area contributed by atoms with E-state index >= 15 is 0 Å². The number of rotatable bonds is 4. The smallest absolute Gasteiger partial charge is 0.292 e. The molecule has 0 bridgehead atoms. The van der Waals surface area contributed by atoms with Gasteiger partial charge in [0.1, 0.15) is 5.69 Å². The Morgan fingerprint density at radius 2 is 2.29 bits per heavy atom. The van der Waals surface area contributed by atoms with Gasteiger partial charge in [0, 0.05) is 6.07 Å². The number of nitrogens with one attached hydrogen (secondary N) is 1. The number of hydrogen-bond acceptors (Lipinski definition) is 5. The number of benzene rings is 1. The van der Waals surface area contributed by atoms with Crippen molar-refractivity contribution < 1.29 is 10.0 Å². The van der Waals surface area contributed by atoms with Crippen LogP contribution in [0.1, 0.15) is 18.4 Å². The van der Waals surface area contributed by atoms with Crippen LogP contribution in [-0.2, 0) is 0 Å². The highest BCUT2D eigenvalue weighted by atomic mass is 16.6. The van der Waals surface area contributed by atoms with Crippen LogP contribution >= 0.6 is 0 Å². The van der Waals surface area contributed by atoms with Crippen LogP contribution in [0.5, 0.6) is 0 Å². The van der Waals surface area contributed by atoms with Gasteiger partial charge < -0.3 is 10.4 Å². The second-order valence-electron chi connectivity index (χ2n) is 4.16. The molecule has 1 saturated carbocycles. The largest absolute Gasteiger partial charge is 0.394 e. The molecule has 0 aliphatic heterocycles. The predicted molar refractivity (Wildman–Crippen MR) is 60.5 cm³/mol. The van der Waals surface area contributed by atoms with E-state index in [4.69, 9.17) is 5.26 Å². The van der Waals surface area contributed by atoms with E-state index < -0.39 is 10.5 Å². The van der Waals surface area contributed by atoms with Gasteiger partial charge in [-0.3, -0.25) is 10.1 Å². The summed E-state index contributed by atoms with van der Waals surface area (Å²) in [5.74, 6) is 0. The van der Waals surface area contributed by atoms with Crippen molar-refractivity contribution in [3.8, 4) is 6.07 Å². The quantitative estimate of drug-likeness (QED) is 0.605. The second kappa shape index (κ2) is 4.03. The van der Waals surface area contributed by atoms with Gasteiger partial charge in [0.15, 0.2) is 0 Å². The fourth-order valence-corrected chi connectivity index (χ4v) is 1.62. The fraction of sp³-hybridized carbons (Fsp3) is 0.364. The Morgan fingerprint density at radius 3 is 2.76 bits per heavy atom. The highest BCUT2D eigenvalue weighted by molar-refractivity contribution is 5.66. The standard InChI is InChI=1S/C11H11N3O3/c12-6-8-1-2-10(14(16)17)9(5-8)13-11(7-15)3-4-11/h1-2,5,13,15H,3-4,7H2. The maximum atomic E-state index is 10.8. The Balaban J connectivity index is 2.36. The molecular formula is C11H11N3O3. The molecule has 1 aromatic rings. The Morgan fingerprint density at radius 1 is 1.59 bits per heavy atom. The summed E-state index contributed by atoms with van der Waals surface area (Å²) in [7, 11) is 0. The molecule has 1 aromatic carbocycles. The van der Waals surface area contributed by atoms with Crippen molar-refractivity contribution >= 4 is 11.4 Å². The van der Waals surface area contributed by atoms with Gasteiger partial charge in [0.05, 0.1) is 28.7 Å². The first-order valence-corrected chi connectivity index (χ1v) is 5.18. The number of nitrogens with zero attached hydrogens (tertiary/aromatic N) is 2. The number of hydrogen-bond donors (Lipinski definition) is 2. The molecule has 0 radical (unpaired) electrons. The number of nitro groups is 1. The molecule has 0 heterocycles. The molecule has 1 aliphatic rings. The van der Waals surface area contributed by atoms with Crippen molar-refractivity contribution in [1.82, 2.24) is 0 Å². The molecule has 17 heavy (non-hydrogen) atoms. The van der Waals surface area contributed by atoms with Crippen molar-refractivity contribution in [2.24, 2.45) is 0 Å². The highest BCUT2D eigenvalue weighted by Crippen LogP contribution is 2.40. The molecule has 1 fully saturated rings. The second-order valence-corrected chi connectivity index (χ2v) is 4.16. The van der Waals surface area contributed by atoms with Crippen molar-refractivity contribution in [2.75, 3.05) is 11.9 Å². The van der Waals surface area contributed by atoms with E-state index in [1.165, 1.54) is 18.2 Å². The first-order chi connectivity index (χ1) is 8.10. The van der Waals surface area contributed by atoms with Crippen LogP contribution in [0, 0.1) is 21.4 Å². The van der Waals surface area contributed by atoms with E-state index in [1.54, 1.807) is 0 Å². The summed E-state index contributed by atoms with van der Waals surface area (Å²) >= 11 is 0. The van der Waals surface area contributed by atoms with Crippen LogP contribution in [0.4, 0.5) is 11.4 Å². The fourth-order valence-electron chi connectivity index (χ4n) is 1.62. The van der Waals surface area contributed by atoms with Gasteiger partial charge in [0.25, 0.3) is 5.69 Å². The first kappa shape index (κ1) is 11.4. The first-order valence-electron chi connectivity index (χ1n) is 5.18. The van der Waals surface area contributed by atoms with Crippen LogP contribution in [0.25, 0.3) is 0 Å². The zero-order valence-corrected chi connectivity index (χ0v) is 9.01. The van der Waals surface area contributed by atoms with E-state index in [0.717, 1.165) is 12.8 Å². The van der Waals surface area contributed by atoms with E-state index in [2.05, 4.69) is 5.32 Å². The molecule has 0 spiro atoms. The average molecular weight is 233 g/mol. The number of nitriles is 1. The summed E-state index contributed by atoms with van der Waals surface area (Å²) < 4.78 is 0. The maximum Gasteiger partial charge on any atom is 0.292 e. The van der Waals surface area contributed by atoms with Crippen molar-refractivity contribution in [3.63, 3.8) is 0 Å². The molecule has 6 heteroatoms. The van der Waals surface area contributed by atoms with Crippen LogP contribution in [0.2, 0.25) is 0 Å². The molecule has 0 aromatic heterocycles. The zero-order chi connectivity index (χ0) is 12.5. The molecule has 2 rings (SSSR count). The van der Waals surface area contributed by atoms with Gasteiger partial charge in [-0.1, -0.05) is 0 Å². The minimum atomic E-state index is -0.503. The predicted octanol–water partition coefficient (Wildman–Crippen LogP) is 1.40. The van der Waals surface area contributed by atoms with E-state index in [1.807, 2.05) is 6.07 Å². The zero-order valence-electron chi connectivity index (χ0n) is 9.01. The highest BCUT2D eigenvalue weighted by Gasteiger charge is 2.43. The van der Waals surface area contributed by atoms with E-state index in [-0.39, 0.29) is 12.3 Å². The van der Waals surface area contributed by atoms with Gasteiger partial charge >= 0.3 is 0 Å². The molecular weight excluding hydrogens is 222 g/mol. The number of anilines is 1. The van der Waals surface area contributed by atoms with Crippen LogP contribution < -0.4 is 5.32 Å². The molecule has 2 N–H and O–H groups in total. The monoisotopic (exact) mass is 233 g/mol. The van der Waals surface area contributed by atoms with Crippen LogP contribution in [-0.4, -0.2) is 22.2 Å². The van der Waals surface area contributed by atoms with E-state index in [9.17, 15) is 15.2 Å². The Labute approximate surface area is 97.6 Å². The molecule has 0 atom stereocenters. The van der Waals surface area contributed by atoms with Gasteiger partial charge in [-0.15, -0.1) is 0 Å². The number of aliphatic hydroxyl groups excluding tert-OH is 1. The summed E-state index contributed by atoms with van der Waals surface area (Å²) in [6.07, 6.45) is 1.55. The van der Waals surface area contributed by atoms with E-state index in [0.29, 0.717) is 11.3 Å². The Kier molecular flexibility index (Phi) is 2.69. The number of aliphatic hydroxyl groups is 1. The molecule has 6 nitrogen and oxygen atoms in total. The van der Waals surface area contributed by atoms with Crippen molar-refractivity contribution in [2.45, 2.75) is 18.4 Å². The van der Waals surface area contributed by atoms with Gasteiger partial charge in [-0.25, -0.2) is 0 Å². The van der Waals surface area contributed by atoms with Crippen molar-refractivity contribution in [3.05, 3.63) is 33.9 Å². The average Bonchev–Trinajstić information content (AvgIpc) is 3.09. The minimum absolute atomic E-state index is 0.0685. The Bertz CT molecular complexity index is 503. The van der Waals surface area contributed by atoms with Gasteiger partial charge in [0.2, 0.25) is 0 Å². The summed E-state index contributed by atoms with van der Waals surface area (Å²) in [6, 6.07) is 6.08. The minimum Gasteiger partial charge on any atom is -0.394 e. The maximum absolute atomic E-state index is 10.8. The topological polar surface area (TPSA) is 99.2 Å². The lowest BCUT2D eigenvalue weighted by Gasteiger charge is -2.15. The summed E-state index contributed by atoms with van der Waals surface area (Å²) in [5, 5.41) is 31.7. The lowest BCUT2D eigenvalue weighted by Crippen LogP contribution is -2.26. The van der Waals surface area contributed by atoms with Crippen molar-refractivity contribution in [1.29, 1.82) is 5.26 Å². The summed E-state index contributed by atoms with van der Waals surface area (Å²) in [4.78, 5) is 10.3. The lowest BCUT2D eigenvalue weighted by molar-refractivity contribution is -0.384. The molecule has 0 saturated heterocycles. The molecule has 0 unspecified atom stereocenters. The lowest BCUT2D eigenvalue weighted by atomic mass is 10.1. The third-order valence-corrected chi connectivity index (χ3v) is 2.88. The van der Waals surface area contributed by atoms with Gasteiger partial charge in [-0.2, -0.15) is 5.26 Å². The molecule has 1 aliphatic carbocycles. The van der Waals surface area contributed by atoms with Crippen LogP contribution in [0.3, 0.4) is 0 Å². The summed E-state index contributed by atoms with van der Waals surface area (Å²) in [6.45, 7) is -0.0685. The Hall–Kier alpha value is -2.13. The molecule has 88 valence electrons. The third kappa shape index (κ3) is 2.19. The third-order valence-electron chi connectivity index (χ3n) is 2.88. The van der Waals surface area contributed by atoms with Crippen LogP contribution in [0.15, 0.2) is 18.2 Å². The van der Waals surface area contributed by atoms with Gasteiger partial charge in [-0.05, 0) is 25.0 Å². The molecule has 0 amide bonds.